The molecule has 2 aromatic carbocycles. The number of pyridine rings is 1. The largest absolute Gasteiger partial charge is 0.360 e. The number of nitrogens with zero attached hydrogens (tertiary/aromatic N) is 1. The summed E-state index contributed by atoms with van der Waals surface area (Å²) in [6.45, 7) is 7.97. The van der Waals surface area contributed by atoms with Crippen LogP contribution in [0.4, 0.5) is 5.69 Å². The van der Waals surface area contributed by atoms with Gasteiger partial charge in [0.2, 0.25) is 0 Å². The number of unbranched alkanes of at least 4 members (excludes halogenated alkanes) is 11. The molecule has 1 heterocycles. The van der Waals surface area contributed by atoms with Crippen molar-refractivity contribution in [3.8, 4) is 0 Å². The average Bonchev–Trinajstić information content (AvgIpc) is 3.00. The number of hydrogen-bond donors (Lipinski definition) is 1. The second-order valence-corrected chi connectivity index (χ2v) is 12.2. The number of hydrogen-bond acceptors (Lipinski definition) is 2. The van der Waals surface area contributed by atoms with Gasteiger partial charge in [-0.1, -0.05) is 140 Å². The number of nitrogens with one attached hydrogen (secondary N) is 1. The number of ether oxygens (including phenoxy) is 1. The van der Waals surface area contributed by atoms with Crippen LogP contribution in [0.1, 0.15) is 115 Å². The summed E-state index contributed by atoms with van der Waals surface area (Å²) in [5, 5.41) is 3.20. The van der Waals surface area contributed by atoms with Gasteiger partial charge in [0.15, 0.2) is 24.5 Å². The highest BCUT2D eigenvalue weighted by Gasteiger charge is 2.42. The zero-order chi connectivity index (χ0) is 29.9. The van der Waals surface area contributed by atoms with Crippen LogP contribution in [-0.2, 0) is 21.7 Å². The quantitative estimate of drug-likeness (QED) is 0.102. The molecule has 3 rings (SSSR count). The second-order valence-electron chi connectivity index (χ2n) is 12.2. The molecule has 1 aromatic heterocycles. The van der Waals surface area contributed by atoms with Crippen LogP contribution >= 0.6 is 0 Å². The lowest BCUT2D eigenvalue weighted by molar-refractivity contribution is -0.688. The molecule has 0 aliphatic heterocycles. The Morgan fingerprint density at radius 1 is 0.738 bits per heavy atom. The monoisotopic (exact) mass is 571 g/mol. The van der Waals surface area contributed by atoms with Gasteiger partial charge < -0.3 is 10.1 Å². The van der Waals surface area contributed by atoms with Crippen LogP contribution in [0, 0.1) is 5.92 Å². The summed E-state index contributed by atoms with van der Waals surface area (Å²) < 4.78 is 8.78. The smallest absolute Gasteiger partial charge is 0.261 e. The van der Waals surface area contributed by atoms with Gasteiger partial charge in [0, 0.05) is 30.0 Å². The highest BCUT2D eigenvalue weighted by molar-refractivity contribution is 5.98. The lowest BCUT2D eigenvalue weighted by Gasteiger charge is -2.34. The maximum atomic E-state index is 14.1. The van der Waals surface area contributed by atoms with Gasteiger partial charge in [-0.25, -0.2) is 4.57 Å². The summed E-state index contributed by atoms with van der Waals surface area (Å²) in [7, 11) is 0. The van der Waals surface area contributed by atoms with E-state index in [0.717, 1.165) is 30.6 Å². The van der Waals surface area contributed by atoms with Crippen molar-refractivity contribution in [2.75, 3.05) is 11.9 Å². The number of carbonyl (C=O) groups is 1. The Bertz CT molecular complexity index is 1110. The maximum Gasteiger partial charge on any atom is 0.261 e. The Hall–Kier alpha value is -2.98. The fourth-order valence-corrected chi connectivity index (χ4v) is 5.70. The molecule has 1 N–H and O–H groups in total. The van der Waals surface area contributed by atoms with Crippen LogP contribution < -0.4 is 9.88 Å². The van der Waals surface area contributed by atoms with Gasteiger partial charge in [0.25, 0.3) is 5.91 Å². The van der Waals surface area contributed by atoms with Gasteiger partial charge in [-0.2, -0.15) is 0 Å². The van der Waals surface area contributed by atoms with Crippen molar-refractivity contribution in [1.82, 2.24) is 0 Å². The van der Waals surface area contributed by atoms with E-state index in [0.29, 0.717) is 18.9 Å². The molecule has 42 heavy (non-hydrogen) atoms. The Labute approximate surface area is 255 Å². The molecule has 0 radical (unpaired) electrons. The summed E-state index contributed by atoms with van der Waals surface area (Å²) in [6, 6.07) is 24.3. The van der Waals surface area contributed by atoms with Gasteiger partial charge in [0.1, 0.15) is 0 Å². The van der Waals surface area contributed by atoms with Crippen LogP contribution in [0.25, 0.3) is 0 Å². The lowest BCUT2D eigenvalue weighted by Crippen LogP contribution is -2.44. The molecule has 0 spiro atoms. The van der Waals surface area contributed by atoms with Crippen LogP contribution in [-0.4, -0.2) is 12.5 Å². The van der Waals surface area contributed by atoms with E-state index < -0.39 is 5.60 Å². The molecule has 3 aromatic rings. The highest BCUT2D eigenvalue weighted by Crippen LogP contribution is 2.35. The van der Waals surface area contributed by atoms with Crippen LogP contribution in [0.15, 0.2) is 85.2 Å². The van der Waals surface area contributed by atoms with E-state index in [1.165, 1.54) is 69.8 Å². The molecule has 0 aliphatic carbocycles. The van der Waals surface area contributed by atoms with E-state index in [1.807, 2.05) is 60.7 Å². The normalized spacial score (nSPS) is 12.8. The fraction of sp³-hybridized carbons (Fsp3) is 0.526. The van der Waals surface area contributed by atoms with Crippen LogP contribution in [0.3, 0.4) is 0 Å². The number of benzene rings is 2. The number of carbonyl (C=O) groups excluding carboxylic acids is 1. The molecule has 1 amide bonds. The van der Waals surface area contributed by atoms with Gasteiger partial charge in [-0.05, 0) is 36.5 Å². The third kappa shape index (κ3) is 11.7. The molecule has 228 valence electrons. The number of amides is 1. The van der Waals surface area contributed by atoms with E-state index in [9.17, 15) is 4.79 Å². The molecule has 0 saturated heterocycles. The first kappa shape index (κ1) is 33.5. The van der Waals surface area contributed by atoms with Gasteiger partial charge in [-0.3, -0.25) is 4.79 Å². The third-order valence-corrected chi connectivity index (χ3v) is 8.00. The predicted molar refractivity (Wildman–Crippen MR) is 175 cm³/mol. The first-order valence-electron chi connectivity index (χ1n) is 16.6. The molecule has 1 atom stereocenters. The zero-order valence-electron chi connectivity index (χ0n) is 26.5. The fourth-order valence-electron chi connectivity index (χ4n) is 5.70. The average molecular weight is 572 g/mol. The minimum Gasteiger partial charge on any atom is -0.360 e. The number of rotatable bonds is 21. The number of anilines is 1. The lowest BCUT2D eigenvalue weighted by atomic mass is 9.84. The van der Waals surface area contributed by atoms with Crippen molar-refractivity contribution in [2.45, 2.75) is 116 Å². The standard InChI is InChI=1S/C38H54N2O2/c1-4-5-6-7-8-9-10-11-12-13-14-21-30-42-38(31-33(2)3,35-22-17-15-18-23-35)37(41)39-36-26-24-34(25-27-36)32-40-28-19-16-20-29-40/h15-20,22-29,33H,4-14,21,30-32H2,1-3H3/p+1. The van der Waals surface area contributed by atoms with E-state index >= 15 is 0 Å². The molecular weight excluding hydrogens is 516 g/mol. The van der Waals surface area contributed by atoms with Crippen LogP contribution in [0.5, 0.6) is 0 Å². The highest BCUT2D eigenvalue weighted by atomic mass is 16.5. The summed E-state index contributed by atoms with van der Waals surface area (Å²) >= 11 is 0. The molecular formula is C38H55N2O2+. The van der Waals surface area contributed by atoms with Gasteiger partial charge in [-0.15, -0.1) is 0 Å². The third-order valence-electron chi connectivity index (χ3n) is 8.00. The van der Waals surface area contributed by atoms with Gasteiger partial charge >= 0.3 is 0 Å². The molecule has 0 saturated carbocycles. The minimum absolute atomic E-state index is 0.0912. The predicted octanol–water partition coefficient (Wildman–Crippen LogP) is 9.62. The summed E-state index contributed by atoms with van der Waals surface area (Å²) in [5.41, 5.74) is 1.88. The molecule has 0 fully saturated rings. The first-order valence-corrected chi connectivity index (χ1v) is 16.6. The first-order chi connectivity index (χ1) is 20.5. The molecule has 1 unspecified atom stereocenters. The van der Waals surface area contributed by atoms with Crippen molar-refractivity contribution < 1.29 is 14.1 Å². The zero-order valence-corrected chi connectivity index (χ0v) is 26.5. The second kappa shape index (κ2) is 19.3. The Kier molecular flexibility index (Phi) is 15.4. The topological polar surface area (TPSA) is 42.2 Å². The Morgan fingerprint density at radius 2 is 1.29 bits per heavy atom. The van der Waals surface area contributed by atoms with E-state index in [1.54, 1.807) is 0 Å². The van der Waals surface area contributed by atoms with Crippen molar-refractivity contribution in [3.05, 3.63) is 96.3 Å². The molecule has 0 bridgehead atoms. The van der Waals surface area contributed by atoms with E-state index in [2.05, 4.69) is 55.2 Å². The summed E-state index contributed by atoms with van der Waals surface area (Å²) in [5.74, 6) is 0.203. The van der Waals surface area contributed by atoms with Crippen molar-refractivity contribution in [2.24, 2.45) is 5.92 Å². The van der Waals surface area contributed by atoms with E-state index in [4.69, 9.17) is 4.74 Å². The SMILES string of the molecule is CCCCCCCCCCCCCCOC(CC(C)C)(C(=O)Nc1ccc(C[n+]2ccccc2)cc1)c1ccccc1. The maximum absolute atomic E-state index is 14.1. The molecule has 0 aliphatic rings. The van der Waals surface area contributed by atoms with Crippen molar-refractivity contribution >= 4 is 11.6 Å². The molecule has 4 nitrogen and oxygen atoms in total. The van der Waals surface area contributed by atoms with Gasteiger partial charge in [0.05, 0.1) is 0 Å². The minimum atomic E-state index is -1.02. The summed E-state index contributed by atoms with van der Waals surface area (Å²) in [6.07, 6.45) is 20.4. The Morgan fingerprint density at radius 3 is 1.86 bits per heavy atom. The number of aromatic nitrogens is 1. The van der Waals surface area contributed by atoms with Crippen LogP contribution in [0.2, 0.25) is 0 Å². The molecule has 4 heteroatoms. The summed E-state index contributed by atoms with van der Waals surface area (Å²) in [4.78, 5) is 14.1. The van der Waals surface area contributed by atoms with Crippen molar-refractivity contribution in [3.63, 3.8) is 0 Å². The van der Waals surface area contributed by atoms with Crippen molar-refractivity contribution in [1.29, 1.82) is 0 Å². The Balaban J connectivity index is 1.55. The van der Waals surface area contributed by atoms with E-state index in [-0.39, 0.29) is 5.91 Å².